The van der Waals surface area contributed by atoms with Crippen molar-refractivity contribution in [3.8, 4) is 0 Å². The summed E-state index contributed by atoms with van der Waals surface area (Å²) in [5.41, 5.74) is 6.16. The molecule has 76 valence electrons. The summed E-state index contributed by atoms with van der Waals surface area (Å²) in [7, 11) is 1.97. The Kier molecular flexibility index (Phi) is 1.99. The highest BCUT2D eigenvalue weighted by Gasteiger charge is 2.22. The maximum atomic E-state index is 8.44. The van der Waals surface area contributed by atoms with Crippen LogP contribution in [0.1, 0.15) is 5.69 Å². The second-order valence-electron chi connectivity index (χ2n) is 3.27. The van der Waals surface area contributed by atoms with Crippen LogP contribution in [0.25, 0.3) is 0 Å². The Hall–Kier alpha value is -1.79. The second-order valence-corrected chi connectivity index (χ2v) is 3.27. The molecule has 0 aromatic carbocycles. The zero-order valence-corrected chi connectivity index (χ0v) is 7.88. The lowest BCUT2D eigenvalue weighted by atomic mass is 10.3. The fourth-order valence-corrected chi connectivity index (χ4v) is 1.58. The van der Waals surface area contributed by atoms with Gasteiger partial charge < -0.3 is 15.8 Å². The van der Waals surface area contributed by atoms with Gasteiger partial charge in [-0.15, -0.1) is 5.10 Å². The van der Waals surface area contributed by atoms with E-state index in [0.29, 0.717) is 6.42 Å². The first kappa shape index (κ1) is 8.79. The molecule has 0 unspecified atom stereocenters. The fourth-order valence-electron chi connectivity index (χ4n) is 1.58. The van der Waals surface area contributed by atoms with Crippen LogP contribution in [0.3, 0.4) is 0 Å². The van der Waals surface area contributed by atoms with Crippen molar-refractivity contribution < 1.29 is 5.21 Å². The molecule has 7 nitrogen and oxygen atoms in total. The quantitative estimate of drug-likeness (QED) is 0.274. The van der Waals surface area contributed by atoms with Gasteiger partial charge in [-0.2, -0.15) is 0 Å². The molecule has 0 bridgehead atoms. The molecule has 0 fully saturated rings. The summed E-state index contributed by atoms with van der Waals surface area (Å²) in [5, 5.41) is 19.3. The van der Waals surface area contributed by atoms with E-state index in [9.17, 15) is 0 Å². The van der Waals surface area contributed by atoms with E-state index in [-0.39, 0.29) is 5.84 Å². The summed E-state index contributed by atoms with van der Waals surface area (Å²) < 4.78 is 1.82. The number of rotatable bonds is 2. The highest BCUT2D eigenvalue weighted by molar-refractivity contribution is 5.82. The predicted octanol–water partition coefficient (Wildman–Crippen LogP) is -0.983. The number of hydrogen-bond donors (Lipinski definition) is 2. The number of likely N-dealkylation sites (N-methyl/N-ethyl adjacent to an activating group) is 1. The van der Waals surface area contributed by atoms with E-state index >= 15 is 0 Å². The van der Waals surface area contributed by atoms with Crippen LogP contribution in [0.5, 0.6) is 0 Å². The summed E-state index contributed by atoms with van der Waals surface area (Å²) in [6, 6.07) is 0. The number of fused-ring (bicyclic) bond motifs is 1. The van der Waals surface area contributed by atoms with Gasteiger partial charge in [0.2, 0.25) is 0 Å². The average Bonchev–Trinajstić information content (AvgIpc) is 2.71. The maximum Gasteiger partial charge on any atom is 0.151 e. The van der Waals surface area contributed by atoms with Crippen molar-refractivity contribution in [2.45, 2.75) is 13.0 Å². The van der Waals surface area contributed by atoms with Crippen molar-refractivity contribution in [1.29, 1.82) is 0 Å². The van der Waals surface area contributed by atoms with Crippen LogP contribution >= 0.6 is 0 Å². The highest BCUT2D eigenvalue weighted by Crippen LogP contribution is 2.22. The van der Waals surface area contributed by atoms with Crippen LogP contribution in [0.2, 0.25) is 0 Å². The van der Waals surface area contributed by atoms with Gasteiger partial charge in [-0.3, -0.25) is 0 Å². The molecule has 2 rings (SSSR count). The van der Waals surface area contributed by atoms with Crippen LogP contribution in [0.4, 0.5) is 5.82 Å². The van der Waals surface area contributed by atoms with Crippen LogP contribution in [-0.4, -0.2) is 39.6 Å². The van der Waals surface area contributed by atoms with E-state index in [1.54, 1.807) is 0 Å². The largest absolute Gasteiger partial charge is 0.409 e. The van der Waals surface area contributed by atoms with E-state index in [1.165, 1.54) is 0 Å². The molecule has 2 heterocycles. The third-order valence-electron chi connectivity index (χ3n) is 2.26. The minimum absolute atomic E-state index is 0.147. The lowest BCUT2D eigenvalue weighted by Crippen LogP contribution is -2.19. The Labute approximate surface area is 80.8 Å². The smallest absolute Gasteiger partial charge is 0.151 e. The molecular weight excluding hydrogens is 184 g/mol. The van der Waals surface area contributed by atoms with Gasteiger partial charge >= 0.3 is 0 Å². The topological polar surface area (TPSA) is 92.6 Å². The van der Waals surface area contributed by atoms with Crippen molar-refractivity contribution >= 4 is 11.7 Å². The first-order chi connectivity index (χ1) is 6.72. The highest BCUT2D eigenvalue weighted by atomic mass is 16.4. The van der Waals surface area contributed by atoms with Gasteiger partial charge in [0.25, 0.3) is 0 Å². The molecule has 1 aromatic heterocycles. The second kappa shape index (κ2) is 3.17. The summed E-state index contributed by atoms with van der Waals surface area (Å²) in [4.78, 5) is 2.06. The summed E-state index contributed by atoms with van der Waals surface area (Å²) >= 11 is 0. The van der Waals surface area contributed by atoms with E-state index in [0.717, 1.165) is 24.6 Å². The molecule has 1 aromatic rings. The van der Waals surface area contributed by atoms with Crippen molar-refractivity contribution in [2.24, 2.45) is 10.9 Å². The Morgan fingerprint density at radius 1 is 1.64 bits per heavy atom. The molecule has 0 saturated heterocycles. The molecule has 0 amide bonds. The van der Waals surface area contributed by atoms with Gasteiger partial charge in [-0.1, -0.05) is 10.4 Å². The molecule has 0 radical (unpaired) electrons. The Morgan fingerprint density at radius 3 is 3.14 bits per heavy atom. The van der Waals surface area contributed by atoms with Crippen LogP contribution in [-0.2, 0) is 13.0 Å². The molecule has 0 atom stereocenters. The number of oxime groups is 1. The molecule has 0 spiro atoms. The molecule has 3 N–H and O–H groups in total. The average molecular weight is 196 g/mol. The lowest BCUT2D eigenvalue weighted by molar-refractivity contribution is 0.317. The van der Waals surface area contributed by atoms with Crippen LogP contribution < -0.4 is 10.6 Å². The van der Waals surface area contributed by atoms with E-state index in [2.05, 4.69) is 20.4 Å². The van der Waals surface area contributed by atoms with Crippen molar-refractivity contribution in [3.63, 3.8) is 0 Å². The van der Waals surface area contributed by atoms with Gasteiger partial charge in [-0.05, 0) is 0 Å². The van der Waals surface area contributed by atoms with Crippen LogP contribution in [0, 0.1) is 0 Å². The van der Waals surface area contributed by atoms with E-state index in [1.807, 2.05) is 11.7 Å². The Morgan fingerprint density at radius 2 is 2.43 bits per heavy atom. The molecule has 7 heteroatoms. The van der Waals surface area contributed by atoms with Gasteiger partial charge in [0.15, 0.2) is 5.82 Å². The summed E-state index contributed by atoms with van der Waals surface area (Å²) in [6.45, 7) is 1.77. The van der Waals surface area contributed by atoms with Crippen LogP contribution in [0.15, 0.2) is 5.16 Å². The third kappa shape index (κ3) is 1.26. The lowest BCUT2D eigenvalue weighted by Gasteiger charge is -2.09. The number of aromatic nitrogens is 3. The van der Waals surface area contributed by atoms with Crippen molar-refractivity contribution in [3.05, 3.63) is 5.69 Å². The zero-order chi connectivity index (χ0) is 10.1. The first-order valence-corrected chi connectivity index (χ1v) is 4.32. The molecule has 0 aliphatic carbocycles. The summed E-state index contributed by atoms with van der Waals surface area (Å²) in [5.74, 6) is 1.10. The molecule has 0 saturated carbocycles. The number of nitrogens with zero attached hydrogens (tertiary/aromatic N) is 5. The Balaban J connectivity index is 2.28. The number of amidine groups is 1. The predicted molar refractivity (Wildman–Crippen MR) is 50.4 cm³/mol. The zero-order valence-electron chi connectivity index (χ0n) is 7.88. The van der Waals surface area contributed by atoms with Crippen molar-refractivity contribution in [2.75, 3.05) is 18.5 Å². The molecular formula is C7H12N6O. The minimum atomic E-state index is 0.147. The van der Waals surface area contributed by atoms with Gasteiger partial charge in [0.1, 0.15) is 11.5 Å². The van der Waals surface area contributed by atoms with Gasteiger partial charge in [0.05, 0.1) is 13.0 Å². The minimum Gasteiger partial charge on any atom is -0.409 e. The van der Waals surface area contributed by atoms with Gasteiger partial charge in [-0.25, -0.2) is 4.68 Å². The molecule has 14 heavy (non-hydrogen) atoms. The monoisotopic (exact) mass is 196 g/mol. The Bertz CT molecular complexity index is 370. The van der Waals surface area contributed by atoms with Crippen molar-refractivity contribution in [1.82, 2.24) is 15.0 Å². The summed E-state index contributed by atoms with van der Waals surface area (Å²) in [6.07, 6.45) is 0.330. The van der Waals surface area contributed by atoms with Gasteiger partial charge in [0, 0.05) is 13.6 Å². The first-order valence-electron chi connectivity index (χ1n) is 4.32. The number of nitrogens with two attached hydrogens (primary N) is 1. The normalized spacial score (nSPS) is 16.1. The number of anilines is 1. The standard InChI is InChI=1S/C7H12N6O/c1-12-2-3-13-7(12)5(9-11-13)4-6(8)10-14/h14H,2-4H2,1H3,(H2,8,10). The fraction of sp³-hybridized carbons (Fsp3) is 0.571. The van der Waals surface area contributed by atoms with E-state index < -0.39 is 0 Å². The molecule has 1 aliphatic heterocycles. The SMILES string of the molecule is CN1CCn2nnc(C/C(N)=N/O)c21. The van der Waals surface area contributed by atoms with E-state index in [4.69, 9.17) is 10.9 Å². The third-order valence-corrected chi connectivity index (χ3v) is 2.26. The maximum absolute atomic E-state index is 8.44. The number of hydrogen-bond acceptors (Lipinski definition) is 5. The molecule has 1 aliphatic rings.